The molecule has 0 saturated carbocycles. The van der Waals surface area contributed by atoms with Crippen LogP contribution >= 0.6 is 0 Å². The van der Waals surface area contributed by atoms with Crippen molar-refractivity contribution in [1.82, 2.24) is 5.32 Å². The monoisotopic (exact) mass is 218 g/mol. The number of nitrogens with one attached hydrogen (secondary N) is 1. The van der Waals surface area contributed by atoms with Crippen molar-refractivity contribution in [2.45, 2.75) is 32.4 Å². The Balaban J connectivity index is 2.66. The van der Waals surface area contributed by atoms with Crippen LogP contribution in [-0.2, 0) is 0 Å². The summed E-state index contributed by atoms with van der Waals surface area (Å²) in [5, 5.41) is 21.6. The molecule has 0 amide bonds. The predicted octanol–water partition coefficient (Wildman–Crippen LogP) is 1.98. The standard InChI is InChI=1S/C13H18N2O/c1-10(15-9-13(2,3)16)12-6-4-5-11(7-12)8-14/h4-7,10,15-16H,9H2,1-3H3. The summed E-state index contributed by atoms with van der Waals surface area (Å²) in [4.78, 5) is 0. The molecule has 0 spiro atoms. The summed E-state index contributed by atoms with van der Waals surface area (Å²) in [6.07, 6.45) is 0. The van der Waals surface area contributed by atoms with Crippen LogP contribution < -0.4 is 5.32 Å². The molecular formula is C13H18N2O. The number of hydrogen-bond acceptors (Lipinski definition) is 3. The first-order valence-corrected chi connectivity index (χ1v) is 5.38. The second-order valence-electron chi connectivity index (χ2n) is 4.65. The van der Waals surface area contributed by atoms with E-state index in [-0.39, 0.29) is 6.04 Å². The van der Waals surface area contributed by atoms with Crippen LogP contribution in [0.15, 0.2) is 24.3 Å². The van der Waals surface area contributed by atoms with Crippen molar-refractivity contribution >= 4 is 0 Å². The molecule has 0 fully saturated rings. The summed E-state index contributed by atoms with van der Waals surface area (Å²) in [5.74, 6) is 0. The van der Waals surface area contributed by atoms with Gasteiger partial charge in [0.1, 0.15) is 0 Å². The third-order valence-corrected chi connectivity index (χ3v) is 2.36. The van der Waals surface area contributed by atoms with Crippen LogP contribution in [0, 0.1) is 11.3 Å². The third kappa shape index (κ3) is 4.01. The first-order chi connectivity index (χ1) is 7.42. The molecule has 3 nitrogen and oxygen atoms in total. The lowest BCUT2D eigenvalue weighted by Crippen LogP contribution is -2.36. The average molecular weight is 218 g/mol. The lowest BCUT2D eigenvalue weighted by atomic mass is 10.0. The summed E-state index contributed by atoms with van der Waals surface area (Å²) < 4.78 is 0. The highest BCUT2D eigenvalue weighted by Crippen LogP contribution is 2.14. The molecule has 16 heavy (non-hydrogen) atoms. The smallest absolute Gasteiger partial charge is 0.0991 e. The van der Waals surface area contributed by atoms with Gasteiger partial charge in [-0.1, -0.05) is 12.1 Å². The van der Waals surface area contributed by atoms with Gasteiger partial charge in [0, 0.05) is 12.6 Å². The van der Waals surface area contributed by atoms with Crippen LogP contribution in [0.5, 0.6) is 0 Å². The zero-order chi connectivity index (χ0) is 12.2. The van der Waals surface area contributed by atoms with E-state index >= 15 is 0 Å². The molecule has 0 saturated heterocycles. The Morgan fingerprint density at radius 2 is 2.19 bits per heavy atom. The van der Waals surface area contributed by atoms with Gasteiger partial charge in [0.05, 0.1) is 17.2 Å². The highest BCUT2D eigenvalue weighted by molar-refractivity contribution is 5.34. The fourth-order valence-corrected chi connectivity index (χ4v) is 1.40. The van der Waals surface area contributed by atoms with Crippen LogP contribution in [0.2, 0.25) is 0 Å². The molecule has 0 aliphatic rings. The maximum absolute atomic E-state index is 9.60. The largest absolute Gasteiger partial charge is 0.389 e. The van der Waals surface area contributed by atoms with Gasteiger partial charge in [-0.15, -0.1) is 0 Å². The van der Waals surface area contributed by atoms with E-state index < -0.39 is 5.60 Å². The molecule has 0 heterocycles. The fourth-order valence-electron chi connectivity index (χ4n) is 1.40. The Bertz CT molecular complexity index is 388. The van der Waals surface area contributed by atoms with E-state index in [4.69, 9.17) is 5.26 Å². The second-order valence-corrected chi connectivity index (χ2v) is 4.65. The van der Waals surface area contributed by atoms with Gasteiger partial charge in [-0.3, -0.25) is 0 Å². The van der Waals surface area contributed by atoms with E-state index in [1.54, 1.807) is 19.9 Å². The van der Waals surface area contributed by atoms with E-state index in [0.29, 0.717) is 12.1 Å². The minimum Gasteiger partial charge on any atom is -0.389 e. The first kappa shape index (κ1) is 12.7. The maximum Gasteiger partial charge on any atom is 0.0991 e. The number of hydrogen-bond donors (Lipinski definition) is 2. The van der Waals surface area contributed by atoms with Gasteiger partial charge in [0.15, 0.2) is 0 Å². The molecule has 2 N–H and O–H groups in total. The SMILES string of the molecule is CC(NCC(C)(C)O)c1cccc(C#N)c1. The van der Waals surface area contributed by atoms with Gasteiger partial charge >= 0.3 is 0 Å². The minimum absolute atomic E-state index is 0.125. The molecule has 0 aliphatic carbocycles. The zero-order valence-corrected chi connectivity index (χ0v) is 9.99. The van der Waals surface area contributed by atoms with E-state index in [1.165, 1.54) is 0 Å². The fraction of sp³-hybridized carbons (Fsp3) is 0.462. The molecule has 86 valence electrons. The molecule has 1 atom stereocenters. The van der Waals surface area contributed by atoms with Crippen LogP contribution in [0.1, 0.15) is 37.9 Å². The minimum atomic E-state index is -0.721. The summed E-state index contributed by atoms with van der Waals surface area (Å²) in [5.41, 5.74) is 0.999. The van der Waals surface area contributed by atoms with Crippen molar-refractivity contribution in [3.8, 4) is 6.07 Å². The highest BCUT2D eigenvalue weighted by atomic mass is 16.3. The molecule has 1 aromatic rings. The molecule has 0 bridgehead atoms. The van der Waals surface area contributed by atoms with Crippen LogP contribution in [0.4, 0.5) is 0 Å². The topological polar surface area (TPSA) is 56.0 Å². The molecule has 3 heteroatoms. The molecule has 0 aromatic heterocycles. The Kier molecular flexibility index (Phi) is 4.05. The zero-order valence-electron chi connectivity index (χ0n) is 9.99. The number of benzene rings is 1. The van der Waals surface area contributed by atoms with Gasteiger partial charge in [-0.25, -0.2) is 0 Å². The molecule has 1 aromatic carbocycles. The molecule has 1 rings (SSSR count). The van der Waals surface area contributed by atoms with Gasteiger partial charge < -0.3 is 10.4 Å². The Morgan fingerprint density at radius 1 is 1.50 bits per heavy atom. The lowest BCUT2D eigenvalue weighted by Gasteiger charge is -2.22. The number of nitriles is 1. The molecule has 1 unspecified atom stereocenters. The molecule has 0 aliphatic heterocycles. The normalized spacial score (nSPS) is 13.2. The number of nitrogens with zero attached hydrogens (tertiary/aromatic N) is 1. The highest BCUT2D eigenvalue weighted by Gasteiger charge is 2.14. The lowest BCUT2D eigenvalue weighted by molar-refractivity contribution is 0.0770. The van der Waals surface area contributed by atoms with E-state index in [0.717, 1.165) is 5.56 Å². The van der Waals surface area contributed by atoms with Gasteiger partial charge in [-0.05, 0) is 38.5 Å². The van der Waals surface area contributed by atoms with Gasteiger partial charge in [-0.2, -0.15) is 5.26 Å². The van der Waals surface area contributed by atoms with E-state index in [2.05, 4.69) is 11.4 Å². The van der Waals surface area contributed by atoms with Crippen LogP contribution in [-0.4, -0.2) is 17.3 Å². The summed E-state index contributed by atoms with van der Waals surface area (Å²) in [6, 6.07) is 9.74. The third-order valence-electron chi connectivity index (χ3n) is 2.36. The van der Waals surface area contributed by atoms with Crippen LogP contribution in [0.25, 0.3) is 0 Å². The number of rotatable bonds is 4. The summed E-state index contributed by atoms with van der Waals surface area (Å²) in [6.45, 7) is 6.06. The summed E-state index contributed by atoms with van der Waals surface area (Å²) >= 11 is 0. The van der Waals surface area contributed by atoms with Crippen molar-refractivity contribution < 1.29 is 5.11 Å². The van der Waals surface area contributed by atoms with Crippen molar-refractivity contribution in [2.24, 2.45) is 0 Å². The summed E-state index contributed by atoms with van der Waals surface area (Å²) in [7, 11) is 0. The van der Waals surface area contributed by atoms with Crippen LogP contribution in [0.3, 0.4) is 0 Å². The number of aliphatic hydroxyl groups is 1. The molecular weight excluding hydrogens is 200 g/mol. The van der Waals surface area contributed by atoms with Gasteiger partial charge in [0.2, 0.25) is 0 Å². The first-order valence-electron chi connectivity index (χ1n) is 5.38. The maximum atomic E-state index is 9.60. The van der Waals surface area contributed by atoms with Crippen molar-refractivity contribution in [3.63, 3.8) is 0 Å². The van der Waals surface area contributed by atoms with E-state index in [9.17, 15) is 5.11 Å². The second kappa shape index (κ2) is 5.11. The van der Waals surface area contributed by atoms with Crippen molar-refractivity contribution in [3.05, 3.63) is 35.4 Å². The Morgan fingerprint density at radius 3 is 2.75 bits per heavy atom. The average Bonchev–Trinajstić information content (AvgIpc) is 2.25. The predicted molar refractivity (Wildman–Crippen MR) is 63.9 cm³/mol. The Labute approximate surface area is 96.7 Å². The van der Waals surface area contributed by atoms with Gasteiger partial charge in [0.25, 0.3) is 0 Å². The Hall–Kier alpha value is -1.37. The van der Waals surface area contributed by atoms with Crippen molar-refractivity contribution in [1.29, 1.82) is 5.26 Å². The van der Waals surface area contributed by atoms with Crippen molar-refractivity contribution in [2.75, 3.05) is 6.54 Å². The van der Waals surface area contributed by atoms with E-state index in [1.807, 2.05) is 25.1 Å². The quantitative estimate of drug-likeness (QED) is 0.812. The molecule has 0 radical (unpaired) electrons.